The first kappa shape index (κ1) is 12.6. The Morgan fingerprint density at radius 2 is 2.05 bits per heavy atom. The van der Waals surface area contributed by atoms with Crippen molar-refractivity contribution in [2.45, 2.75) is 25.7 Å². The second kappa shape index (κ2) is 5.28. The zero-order chi connectivity index (χ0) is 13.9. The molecule has 102 valence electrons. The van der Waals surface area contributed by atoms with Crippen LogP contribution < -0.4 is 0 Å². The zero-order valence-electron chi connectivity index (χ0n) is 11.0. The smallest absolute Gasteiger partial charge is 0.331 e. The Labute approximate surface area is 116 Å². The predicted octanol–water partition coefficient (Wildman–Crippen LogP) is 2.88. The van der Waals surface area contributed by atoms with Gasteiger partial charge in [0.2, 0.25) is 0 Å². The van der Waals surface area contributed by atoms with Crippen LogP contribution in [0.1, 0.15) is 31.4 Å². The highest BCUT2D eigenvalue weighted by Gasteiger charge is 2.21. The summed E-state index contributed by atoms with van der Waals surface area (Å²) in [5.74, 6) is -0.831. The number of aromatic amines is 1. The summed E-state index contributed by atoms with van der Waals surface area (Å²) in [7, 11) is 0. The number of carbonyl (C=O) groups is 1. The third-order valence-electron chi connectivity index (χ3n) is 3.55. The molecule has 1 aliphatic rings. The molecule has 2 aromatic rings. The van der Waals surface area contributed by atoms with Gasteiger partial charge < -0.3 is 5.11 Å². The van der Waals surface area contributed by atoms with Gasteiger partial charge in [-0.25, -0.2) is 4.79 Å². The van der Waals surface area contributed by atoms with E-state index in [2.05, 4.69) is 15.2 Å². The topological polar surface area (TPSA) is 78.9 Å². The Hall–Kier alpha value is -2.43. The summed E-state index contributed by atoms with van der Waals surface area (Å²) in [5, 5.41) is 16.5. The van der Waals surface area contributed by atoms with Gasteiger partial charge in [0.1, 0.15) is 0 Å². The molecular formula is C15H15N3O2. The normalized spacial score (nSPS) is 15.4. The van der Waals surface area contributed by atoms with Gasteiger partial charge in [-0.05, 0) is 49.5 Å². The van der Waals surface area contributed by atoms with Gasteiger partial charge in [0, 0.05) is 11.8 Å². The molecule has 0 aromatic carbocycles. The lowest BCUT2D eigenvalue weighted by Gasteiger charge is -2.15. The van der Waals surface area contributed by atoms with Crippen molar-refractivity contribution in [2.24, 2.45) is 0 Å². The minimum atomic E-state index is -0.831. The van der Waals surface area contributed by atoms with Crippen molar-refractivity contribution in [3.8, 4) is 11.4 Å². The van der Waals surface area contributed by atoms with E-state index in [-0.39, 0.29) is 0 Å². The van der Waals surface area contributed by atoms with Crippen LogP contribution in [-0.4, -0.2) is 26.3 Å². The molecular weight excluding hydrogens is 254 g/mol. The summed E-state index contributed by atoms with van der Waals surface area (Å²) >= 11 is 0. The average molecular weight is 269 g/mol. The number of hydrogen-bond donors (Lipinski definition) is 2. The standard InChI is InChI=1S/C15H15N3O2/c19-15(20)11-6-2-1-5-10(11)13-9-14(18-17-13)12-7-3-4-8-16-12/h3-4,7-9H,1-2,5-6H2,(H,17,18)(H,19,20). The number of nitrogens with zero attached hydrogens (tertiary/aromatic N) is 2. The van der Waals surface area contributed by atoms with Crippen LogP contribution in [-0.2, 0) is 4.79 Å². The van der Waals surface area contributed by atoms with Crippen LogP contribution in [0.3, 0.4) is 0 Å². The fraction of sp³-hybridized carbons (Fsp3) is 0.267. The summed E-state index contributed by atoms with van der Waals surface area (Å²) < 4.78 is 0. The van der Waals surface area contributed by atoms with E-state index in [1.54, 1.807) is 6.20 Å². The molecule has 20 heavy (non-hydrogen) atoms. The zero-order valence-corrected chi connectivity index (χ0v) is 11.0. The molecule has 0 spiro atoms. The first-order valence-corrected chi connectivity index (χ1v) is 6.68. The number of rotatable bonds is 3. The van der Waals surface area contributed by atoms with Crippen molar-refractivity contribution in [3.05, 3.63) is 41.7 Å². The van der Waals surface area contributed by atoms with Gasteiger partial charge in [-0.3, -0.25) is 10.1 Å². The Balaban J connectivity index is 1.99. The van der Waals surface area contributed by atoms with E-state index in [9.17, 15) is 9.90 Å². The number of carboxylic acids is 1. The summed E-state index contributed by atoms with van der Waals surface area (Å²) in [5.41, 5.74) is 3.68. The Kier molecular flexibility index (Phi) is 3.33. The number of hydrogen-bond acceptors (Lipinski definition) is 3. The van der Waals surface area contributed by atoms with Crippen molar-refractivity contribution >= 4 is 11.5 Å². The van der Waals surface area contributed by atoms with Crippen molar-refractivity contribution in [3.63, 3.8) is 0 Å². The van der Waals surface area contributed by atoms with Crippen LogP contribution >= 0.6 is 0 Å². The van der Waals surface area contributed by atoms with Crippen molar-refractivity contribution in [1.82, 2.24) is 15.2 Å². The van der Waals surface area contributed by atoms with E-state index in [1.165, 1.54) is 0 Å². The Morgan fingerprint density at radius 1 is 1.20 bits per heavy atom. The van der Waals surface area contributed by atoms with Gasteiger partial charge in [0.05, 0.1) is 17.1 Å². The third kappa shape index (κ3) is 2.34. The average Bonchev–Trinajstić information content (AvgIpc) is 2.98. The molecule has 0 fully saturated rings. The summed E-state index contributed by atoms with van der Waals surface area (Å²) in [6, 6.07) is 7.54. The van der Waals surface area contributed by atoms with Crippen molar-refractivity contribution in [1.29, 1.82) is 0 Å². The lowest BCUT2D eigenvalue weighted by molar-refractivity contribution is -0.132. The van der Waals surface area contributed by atoms with E-state index >= 15 is 0 Å². The van der Waals surface area contributed by atoms with E-state index < -0.39 is 5.97 Å². The molecule has 0 radical (unpaired) electrons. The highest BCUT2D eigenvalue weighted by atomic mass is 16.4. The second-order valence-corrected chi connectivity index (χ2v) is 4.85. The number of pyridine rings is 1. The molecule has 2 aromatic heterocycles. The van der Waals surface area contributed by atoms with Crippen LogP contribution in [0.5, 0.6) is 0 Å². The number of nitrogens with one attached hydrogen (secondary N) is 1. The van der Waals surface area contributed by atoms with Crippen molar-refractivity contribution in [2.75, 3.05) is 0 Å². The van der Waals surface area contributed by atoms with Crippen molar-refractivity contribution < 1.29 is 9.90 Å². The summed E-state index contributed by atoms with van der Waals surface area (Å²) in [4.78, 5) is 15.6. The van der Waals surface area contributed by atoms with Crippen LogP contribution in [0.4, 0.5) is 0 Å². The van der Waals surface area contributed by atoms with Crippen LogP contribution in [0, 0.1) is 0 Å². The number of H-pyrrole nitrogens is 1. The van der Waals surface area contributed by atoms with E-state index in [0.717, 1.165) is 41.9 Å². The Bertz CT molecular complexity index is 659. The first-order valence-electron chi connectivity index (χ1n) is 6.68. The van der Waals surface area contributed by atoms with E-state index in [0.29, 0.717) is 12.0 Å². The summed E-state index contributed by atoms with van der Waals surface area (Å²) in [6.07, 6.45) is 5.06. The van der Waals surface area contributed by atoms with Crippen LogP contribution in [0.15, 0.2) is 36.0 Å². The van der Waals surface area contributed by atoms with E-state index in [1.807, 2.05) is 24.3 Å². The molecule has 0 amide bonds. The molecule has 0 saturated heterocycles. The second-order valence-electron chi connectivity index (χ2n) is 4.85. The number of aromatic nitrogens is 3. The number of carboxylic acid groups (broad SMARTS) is 1. The van der Waals surface area contributed by atoms with Crippen LogP contribution in [0.25, 0.3) is 17.0 Å². The molecule has 5 heteroatoms. The highest BCUT2D eigenvalue weighted by Crippen LogP contribution is 2.32. The molecule has 2 N–H and O–H groups in total. The van der Waals surface area contributed by atoms with Gasteiger partial charge in [-0.15, -0.1) is 0 Å². The maximum atomic E-state index is 11.3. The fourth-order valence-corrected chi connectivity index (χ4v) is 2.55. The van der Waals surface area contributed by atoms with Crippen LogP contribution in [0.2, 0.25) is 0 Å². The SMILES string of the molecule is O=C(O)C1=C(c2cc(-c3ccccn3)[nH]n2)CCCC1. The molecule has 0 unspecified atom stereocenters. The quantitative estimate of drug-likeness (QED) is 0.898. The maximum absolute atomic E-state index is 11.3. The highest BCUT2D eigenvalue weighted by molar-refractivity contribution is 5.96. The maximum Gasteiger partial charge on any atom is 0.331 e. The molecule has 5 nitrogen and oxygen atoms in total. The molecule has 2 heterocycles. The first-order chi connectivity index (χ1) is 9.75. The van der Waals surface area contributed by atoms with Gasteiger partial charge >= 0.3 is 5.97 Å². The lowest BCUT2D eigenvalue weighted by atomic mass is 9.90. The minimum Gasteiger partial charge on any atom is -0.478 e. The largest absolute Gasteiger partial charge is 0.478 e. The van der Waals surface area contributed by atoms with E-state index in [4.69, 9.17) is 0 Å². The van der Waals surface area contributed by atoms with Gasteiger partial charge in [0.25, 0.3) is 0 Å². The molecule has 0 saturated carbocycles. The molecule has 3 rings (SSSR count). The van der Waals surface area contributed by atoms with Gasteiger partial charge in [-0.2, -0.15) is 5.10 Å². The van der Waals surface area contributed by atoms with Gasteiger partial charge in [-0.1, -0.05) is 6.07 Å². The van der Waals surface area contributed by atoms with Gasteiger partial charge in [0.15, 0.2) is 0 Å². The fourth-order valence-electron chi connectivity index (χ4n) is 2.55. The molecule has 0 aliphatic heterocycles. The molecule has 0 atom stereocenters. The minimum absolute atomic E-state index is 0.496. The third-order valence-corrected chi connectivity index (χ3v) is 3.55. The lowest BCUT2D eigenvalue weighted by Crippen LogP contribution is -2.08. The number of aliphatic carboxylic acids is 1. The predicted molar refractivity (Wildman–Crippen MR) is 74.8 cm³/mol. The summed E-state index contributed by atoms with van der Waals surface area (Å²) in [6.45, 7) is 0. The monoisotopic (exact) mass is 269 g/mol. The molecule has 0 bridgehead atoms. The molecule has 1 aliphatic carbocycles. The Morgan fingerprint density at radius 3 is 2.80 bits per heavy atom. The number of allylic oxidation sites excluding steroid dienone is 1.